The highest BCUT2D eigenvalue weighted by Crippen LogP contribution is 2.22. The van der Waals surface area contributed by atoms with E-state index in [1.807, 2.05) is 42.5 Å². The summed E-state index contributed by atoms with van der Waals surface area (Å²) in [4.78, 5) is 6.77. The van der Waals surface area contributed by atoms with Crippen molar-refractivity contribution in [1.29, 1.82) is 0 Å². The Morgan fingerprint density at radius 1 is 0.815 bits per heavy atom. The lowest BCUT2D eigenvalue weighted by Gasteiger charge is -2.16. The summed E-state index contributed by atoms with van der Waals surface area (Å²) in [5.41, 5.74) is 1.89. The highest BCUT2D eigenvalue weighted by Gasteiger charge is 2.04. The van der Waals surface area contributed by atoms with Crippen LogP contribution in [0.3, 0.4) is 0 Å². The molecular formula is C21H30N2O4. The standard InChI is InChI=1S/C21H30N2O4/c1-23(12-5-14-24-2)13-15-26-19-10-8-18(9-11-19)20-6-4-7-21(22-20)27-17-16-25-3/h4,6-11H,5,12-17H2,1-3H3. The van der Waals surface area contributed by atoms with Gasteiger partial charge in [0.05, 0.1) is 12.3 Å². The lowest BCUT2D eigenvalue weighted by atomic mass is 10.1. The van der Waals surface area contributed by atoms with Crippen molar-refractivity contribution < 1.29 is 18.9 Å². The number of methoxy groups -OCH3 is 2. The zero-order valence-electron chi connectivity index (χ0n) is 16.5. The third kappa shape index (κ3) is 7.95. The van der Waals surface area contributed by atoms with Gasteiger partial charge < -0.3 is 23.8 Å². The molecule has 27 heavy (non-hydrogen) atoms. The van der Waals surface area contributed by atoms with Crippen molar-refractivity contribution >= 4 is 0 Å². The highest BCUT2D eigenvalue weighted by atomic mass is 16.5. The summed E-state index contributed by atoms with van der Waals surface area (Å²) in [6, 6.07) is 13.7. The third-order valence-electron chi connectivity index (χ3n) is 4.04. The molecule has 0 radical (unpaired) electrons. The van der Waals surface area contributed by atoms with E-state index in [1.165, 1.54) is 0 Å². The van der Waals surface area contributed by atoms with Crippen molar-refractivity contribution in [2.24, 2.45) is 0 Å². The van der Waals surface area contributed by atoms with Gasteiger partial charge >= 0.3 is 0 Å². The van der Waals surface area contributed by atoms with Crippen molar-refractivity contribution in [2.75, 3.05) is 60.8 Å². The maximum absolute atomic E-state index is 5.83. The van der Waals surface area contributed by atoms with Gasteiger partial charge in [-0.1, -0.05) is 6.07 Å². The van der Waals surface area contributed by atoms with Crippen LogP contribution < -0.4 is 9.47 Å². The van der Waals surface area contributed by atoms with E-state index in [0.29, 0.717) is 25.7 Å². The lowest BCUT2D eigenvalue weighted by Crippen LogP contribution is -2.26. The number of nitrogens with zero attached hydrogens (tertiary/aromatic N) is 2. The number of hydrogen-bond acceptors (Lipinski definition) is 6. The van der Waals surface area contributed by atoms with Gasteiger partial charge in [-0.15, -0.1) is 0 Å². The van der Waals surface area contributed by atoms with Crippen LogP contribution in [0.4, 0.5) is 0 Å². The number of likely N-dealkylation sites (N-methyl/N-ethyl adjacent to an activating group) is 1. The van der Waals surface area contributed by atoms with Gasteiger partial charge in [0.1, 0.15) is 19.0 Å². The molecule has 0 bridgehead atoms. The van der Waals surface area contributed by atoms with Gasteiger partial charge in [0.25, 0.3) is 0 Å². The van der Waals surface area contributed by atoms with Crippen molar-refractivity contribution in [2.45, 2.75) is 6.42 Å². The normalized spacial score (nSPS) is 11.0. The Bertz CT molecular complexity index is 649. The van der Waals surface area contributed by atoms with Crippen molar-refractivity contribution in [3.63, 3.8) is 0 Å². The largest absolute Gasteiger partial charge is 0.492 e. The van der Waals surface area contributed by atoms with Crippen LogP contribution in [0.25, 0.3) is 11.3 Å². The molecule has 0 saturated heterocycles. The smallest absolute Gasteiger partial charge is 0.213 e. The molecule has 0 saturated carbocycles. The van der Waals surface area contributed by atoms with E-state index in [9.17, 15) is 0 Å². The minimum absolute atomic E-state index is 0.486. The molecule has 0 fully saturated rings. The maximum atomic E-state index is 5.83. The zero-order valence-corrected chi connectivity index (χ0v) is 16.5. The SMILES string of the molecule is COCCCN(C)CCOc1ccc(-c2cccc(OCCOC)n2)cc1. The van der Waals surface area contributed by atoms with E-state index in [-0.39, 0.29) is 0 Å². The molecule has 1 aromatic carbocycles. The molecule has 0 atom stereocenters. The molecule has 6 nitrogen and oxygen atoms in total. The first-order chi connectivity index (χ1) is 13.2. The molecule has 6 heteroatoms. The van der Waals surface area contributed by atoms with Gasteiger partial charge in [0.15, 0.2) is 0 Å². The van der Waals surface area contributed by atoms with E-state index >= 15 is 0 Å². The number of aromatic nitrogens is 1. The van der Waals surface area contributed by atoms with Gasteiger partial charge in [-0.25, -0.2) is 4.98 Å². The number of ether oxygens (including phenoxy) is 4. The molecule has 2 aromatic rings. The predicted octanol–water partition coefficient (Wildman–Crippen LogP) is 3.12. The summed E-state index contributed by atoms with van der Waals surface area (Å²) in [6.45, 7) is 4.36. The Labute approximate surface area is 162 Å². The maximum Gasteiger partial charge on any atom is 0.213 e. The summed E-state index contributed by atoms with van der Waals surface area (Å²) in [5, 5.41) is 0. The molecule has 0 aliphatic heterocycles. The van der Waals surface area contributed by atoms with Crippen molar-refractivity contribution in [3.8, 4) is 22.9 Å². The molecule has 0 unspecified atom stereocenters. The second-order valence-electron chi connectivity index (χ2n) is 6.22. The van der Waals surface area contributed by atoms with Crippen molar-refractivity contribution in [1.82, 2.24) is 9.88 Å². The van der Waals surface area contributed by atoms with Crippen LogP contribution >= 0.6 is 0 Å². The molecule has 0 spiro atoms. The fourth-order valence-corrected chi connectivity index (χ4v) is 2.52. The third-order valence-corrected chi connectivity index (χ3v) is 4.04. The monoisotopic (exact) mass is 374 g/mol. The summed E-state index contributed by atoms with van der Waals surface area (Å²) in [6.07, 6.45) is 1.03. The Morgan fingerprint density at radius 3 is 2.33 bits per heavy atom. The zero-order chi connectivity index (χ0) is 19.3. The number of rotatable bonds is 13. The van der Waals surface area contributed by atoms with Gasteiger partial charge in [-0.05, 0) is 43.8 Å². The molecule has 2 rings (SSSR count). The molecule has 0 amide bonds. The number of pyridine rings is 1. The lowest BCUT2D eigenvalue weighted by molar-refractivity contribution is 0.144. The van der Waals surface area contributed by atoms with Crippen LogP contribution in [0.5, 0.6) is 11.6 Å². The first-order valence-electron chi connectivity index (χ1n) is 9.22. The van der Waals surface area contributed by atoms with Gasteiger partial charge in [0.2, 0.25) is 5.88 Å². The van der Waals surface area contributed by atoms with Crippen LogP contribution in [0.15, 0.2) is 42.5 Å². The van der Waals surface area contributed by atoms with E-state index in [4.69, 9.17) is 18.9 Å². The quantitative estimate of drug-likeness (QED) is 0.502. The molecular weight excluding hydrogens is 344 g/mol. The molecule has 1 aromatic heterocycles. The van der Waals surface area contributed by atoms with Crippen LogP contribution in [0, 0.1) is 0 Å². The summed E-state index contributed by atoms with van der Waals surface area (Å²) < 4.78 is 21.5. The highest BCUT2D eigenvalue weighted by molar-refractivity contribution is 5.60. The molecule has 148 valence electrons. The molecule has 0 aliphatic carbocycles. The number of benzene rings is 1. The van der Waals surface area contributed by atoms with E-state index in [0.717, 1.165) is 43.1 Å². The van der Waals surface area contributed by atoms with E-state index < -0.39 is 0 Å². The minimum Gasteiger partial charge on any atom is -0.492 e. The van der Waals surface area contributed by atoms with Crippen LogP contribution in [-0.2, 0) is 9.47 Å². The fraction of sp³-hybridized carbons (Fsp3) is 0.476. The average molecular weight is 374 g/mol. The molecule has 0 N–H and O–H groups in total. The summed E-state index contributed by atoms with van der Waals surface area (Å²) in [5.74, 6) is 1.46. The fourth-order valence-electron chi connectivity index (χ4n) is 2.52. The van der Waals surface area contributed by atoms with Crippen molar-refractivity contribution in [3.05, 3.63) is 42.5 Å². The van der Waals surface area contributed by atoms with Crippen LogP contribution in [0.2, 0.25) is 0 Å². The first-order valence-corrected chi connectivity index (χ1v) is 9.22. The van der Waals surface area contributed by atoms with E-state index in [2.05, 4.69) is 16.9 Å². The summed E-state index contributed by atoms with van der Waals surface area (Å²) >= 11 is 0. The Hall–Kier alpha value is -2.15. The van der Waals surface area contributed by atoms with E-state index in [1.54, 1.807) is 14.2 Å². The Balaban J connectivity index is 1.81. The average Bonchev–Trinajstić information content (AvgIpc) is 2.69. The van der Waals surface area contributed by atoms with Gasteiger partial charge in [0, 0.05) is 45.5 Å². The second-order valence-corrected chi connectivity index (χ2v) is 6.22. The van der Waals surface area contributed by atoms with Gasteiger partial charge in [-0.3, -0.25) is 0 Å². The van der Waals surface area contributed by atoms with Gasteiger partial charge in [-0.2, -0.15) is 0 Å². The van der Waals surface area contributed by atoms with Crippen LogP contribution in [0.1, 0.15) is 6.42 Å². The topological polar surface area (TPSA) is 53.1 Å². The molecule has 0 aliphatic rings. The predicted molar refractivity (Wildman–Crippen MR) is 107 cm³/mol. The minimum atomic E-state index is 0.486. The second kappa shape index (κ2) is 12.3. The summed E-state index contributed by atoms with van der Waals surface area (Å²) in [7, 11) is 5.47. The Kier molecular flexibility index (Phi) is 9.62. The molecule has 1 heterocycles. The van der Waals surface area contributed by atoms with Crippen LogP contribution in [-0.4, -0.2) is 70.7 Å². The first kappa shape index (κ1) is 21.2. The Morgan fingerprint density at radius 2 is 1.59 bits per heavy atom. The number of hydrogen-bond donors (Lipinski definition) is 0.